The van der Waals surface area contributed by atoms with Crippen molar-refractivity contribution in [2.24, 2.45) is 0 Å². The summed E-state index contributed by atoms with van der Waals surface area (Å²) < 4.78 is 0. The highest BCUT2D eigenvalue weighted by Crippen LogP contribution is 2.13. The second kappa shape index (κ2) is 12.0. The Balaban J connectivity index is 2.89. The standard InChI is InChI=1S/C14H27S/c1-3-4-5-6-7-8-9-10-11-12-13-14(2)15/h2-13H2,1H3. The van der Waals surface area contributed by atoms with Gasteiger partial charge >= 0.3 is 0 Å². The average molecular weight is 227 g/mol. The largest absolute Gasteiger partial charge is 0.0856 e. The lowest BCUT2D eigenvalue weighted by Crippen LogP contribution is -1.82. The summed E-state index contributed by atoms with van der Waals surface area (Å²) in [6.45, 7) is 6.02. The van der Waals surface area contributed by atoms with Crippen LogP contribution >= 0.6 is 12.6 Å². The molecule has 0 fully saturated rings. The molecule has 0 N–H and O–H groups in total. The molecule has 0 nitrogen and oxygen atoms in total. The van der Waals surface area contributed by atoms with Crippen molar-refractivity contribution in [3.63, 3.8) is 0 Å². The Morgan fingerprint density at radius 3 is 1.60 bits per heavy atom. The molecule has 0 unspecified atom stereocenters. The highest BCUT2D eigenvalue weighted by molar-refractivity contribution is 7.84. The van der Waals surface area contributed by atoms with Gasteiger partial charge in [0, 0.05) is 4.91 Å². The lowest BCUT2D eigenvalue weighted by atomic mass is 10.1. The lowest BCUT2D eigenvalue weighted by Gasteiger charge is -2.01. The van der Waals surface area contributed by atoms with E-state index in [1.165, 1.54) is 64.2 Å². The van der Waals surface area contributed by atoms with E-state index in [-0.39, 0.29) is 0 Å². The quantitative estimate of drug-likeness (QED) is 0.379. The molecule has 1 heteroatoms. The third kappa shape index (κ3) is 14.0. The molecule has 1 radical (unpaired) electrons. The van der Waals surface area contributed by atoms with Crippen LogP contribution in [0.2, 0.25) is 0 Å². The predicted octanol–water partition coefficient (Wildman–Crippen LogP) is 6.01. The molecule has 0 aliphatic carbocycles. The summed E-state index contributed by atoms with van der Waals surface area (Å²) >= 11 is 4.94. The molecular formula is C14H27S. The van der Waals surface area contributed by atoms with Crippen LogP contribution in [0.25, 0.3) is 0 Å². The van der Waals surface area contributed by atoms with Crippen molar-refractivity contribution >= 4 is 12.6 Å². The zero-order chi connectivity index (χ0) is 11.4. The van der Waals surface area contributed by atoms with Crippen LogP contribution in [0.15, 0.2) is 11.5 Å². The molecule has 0 aromatic rings. The van der Waals surface area contributed by atoms with Gasteiger partial charge in [0.05, 0.1) is 0 Å². The minimum Gasteiger partial charge on any atom is -0.0856 e. The minimum absolute atomic E-state index is 0.926. The molecule has 0 aromatic heterocycles. The molecule has 15 heavy (non-hydrogen) atoms. The van der Waals surface area contributed by atoms with E-state index in [0.717, 1.165) is 11.3 Å². The summed E-state index contributed by atoms with van der Waals surface area (Å²) in [4.78, 5) is 0.926. The van der Waals surface area contributed by atoms with Crippen LogP contribution in [-0.4, -0.2) is 0 Å². The van der Waals surface area contributed by atoms with Gasteiger partial charge in [0.25, 0.3) is 0 Å². The first-order valence-electron chi connectivity index (χ1n) is 6.62. The number of hydrogen-bond donors (Lipinski definition) is 0. The maximum atomic E-state index is 4.94. The number of rotatable bonds is 11. The summed E-state index contributed by atoms with van der Waals surface area (Å²) in [5.74, 6) is 0. The molecule has 0 saturated heterocycles. The van der Waals surface area contributed by atoms with Crippen LogP contribution in [0.1, 0.15) is 77.6 Å². The lowest BCUT2D eigenvalue weighted by molar-refractivity contribution is 0.557. The summed E-state index contributed by atoms with van der Waals surface area (Å²) in [6, 6.07) is 0. The van der Waals surface area contributed by atoms with Crippen molar-refractivity contribution in [3.05, 3.63) is 11.5 Å². The van der Waals surface area contributed by atoms with E-state index in [1.807, 2.05) is 0 Å². The summed E-state index contributed by atoms with van der Waals surface area (Å²) in [5.41, 5.74) is 0. The van der Waals surface area contributed by atoms with Crippen LogP contribution in [-0.2, 0) is 0 Å². The fraction of sp³-hybridized carbons (Fsp3) is 0.857. The van der Waals surface area contributed by atoms with Gasteiger partial charge in [0.15, 0.2) is 0 Å². The first-order chi connectivity index (χ1) is 7.27. The Morgan fingerprint density at radius 2 is 1.20 bits per heavy atom. The molecule has 0 rings (SSSR count). The molecular weight excluding hydrogens is 200 g/mol. The average Bonchev–Trinajstić information content (AvgIpc) is 2.20. The fourth-order valence-corrected chi connectivity index (χ4v) is 1.95. The van der Waals surface area contributed by atoms with Gasteiger partial charge in [-0.3, -0.25) is 0 Å². The van der Waals surface area contributed by atoms with Crippen LogP contribution in [0.5, 0.6) is 0 Å². The summed E-state index contributed by atoms with van der Waals surface area (Å²) in [7, 11) is 0. The van der Waals surface area contributed by atoms with Crippen molar-refractivity contribution in [1.29, 1.82) is 0 Å². The van der Waals surface area contributed by atoms with E-state index < -0.39 is 0 Å². The number of allylic oxidation sites excluding steroid dienone is 1. The third-order valence-corrected chi connectivity index (χ3v) is 3.01. The first-order valence-corrected chi connectivity index (χ1v) is 7.03. The predicted molar refractivity (Wildman–Crippen MR) is 73.2 cm³/mol. The van der Waals surface area contributed by atoms with Crippen LogP contribution in [0, 0.1) is 0 Å². The maximum Gasteiger partial charge on any atom is 0.00800 e. The minimum atomic E-state index is 0.926. The van der Waals surface area contributed by atoms with Crippen LogP contribution in [0.4, 0.5) is 0 Å². The third-order valence-electron chi connectivity index (χ3n) is 2.81. The Bertz CT molecular complexity index is 140. The van der Waals surface area contributed by atoms with Crippen molar-refractivity contribution in [2.75, 3.05) is 0 Å². The molecule has 0 aliphatic rings. The molecule has 0 heterocycles. The van der Waals surface area contributed by atoms with Crippen LogP contribution in [0.3, 0.4) is 0 Å². The van der Waals surface area contributed by atoms with Crippen LogP contribution < -0.4 is 0 Å². The molecule has 0 saturated carbocycles. The summed E-state index contributed by atoms with van der Waals surface area (Å²) in [5, 5.41) is 0. The smallest absolute Gasteiger partial charge is 0.00800 e. The van der Waals surface area contributed by atoms with Gasteiger partial charge in [0.2, 0.25) is 0 Å². The second-order valence-corrected chi connectivity index (χ2v) is 5.05. The van der Waals surface area contributed by atoms with E-state index in [0.29, 0.717) is 0 Å². The van der Waals surface area contributed by atoms with Gasteiger partial charge in [0.1, 0.15) is 0 Å². The zero-order valence-electron chi connectivity index (χ0n) is 10.4. The second-order valence-electron chi connectivity index (χ2n) is 4.47. The molecule has 0 bridgehead atoms. The Hall–Kier alpha value is -0.0400. The van der Waals surface area contributed by atoms with E-state index in [2.05, 4.69) is 13.5 Å². The van der Waals surface area contributed by atoms with Gasteiger partial charge in [-0.1, -0.05) is 83.9 Å². The fourth-order valence-electron chi connectivity index (χ4n) is 1.81. The van der Waals surface area contributed by atoms with Crippen molar-refractivity contribution in [3.8, 4) is 0 Å². The SMILES string of the molecule is C=C([S])CCCCCCCCCCCC. The van der Waals surface area contributed by atoms with Gasteiger partial charge in [-0.05, 0) is 12.8 Å². The van der Waals surface area contributed by atoms with Crippen molar-refractivity contribution < 1.29 is 0 Å². The maximum absolute atomic E-state index is 4.94. The highest BCUT2D eigenvalue weighted by Gasteiger charge is 1.93. The molecule has 0 aliphatic heterocycles. The zero-order valence-corrected chi connectivity index (χ0v) is 11.2. The van der Waals surface area contributed by atoms with E-state index in [9.17, 15) is 0 Å². The first kappa shape index (κ1) is 15.0. The van der Waals surface area contributed by atoms with Crippen molar-refractivity contribution in [1.82, 2.24) is 0 Å². The Kier molecular flexibility index (Phi) is 12.0. The number of hydrogen-bond acceptors (Lipinski definition) is 0. The molecule has 89 valence electrons. The highest BCUT2D eigenvalue weighted by atomic mass is 32.1. The number of unbranched alkanes of at least 4 members (excludes halogenated alkanes) is 9. The van der Waals surface area contributed by atoms with Gasteiger partial charge in [-0.2, -0.15) is 0 Å². The monoisotopic (exact) mass is 227 g/mol. The van der Waals surface area contributed by atoms with E-state index >= 15 is 0 Å². The van der Waals surface area contributed by atoms with E-state index in [1.54, 1.807) is 0 Å². The van der Waals surface area contributed by atoms with Crippen molar-refractivity contribution in [2.45, 2.75) is 77.6 Å². The molecule has 0 spiro atoms. The van der Waals surface area contributed by atoms with Gasteiger partial charge < -0.3 is 0 Å². The van der Waals surface area contributed by atoms with Gasteiger partial charge in [-0.15, -0.1) is 0 Å². The normalized spacial score (nSPS) is 10.5. The Labute approximate surface area is 102 Å². The Morgan fingerprint density at radius 1 is 0.800 bits per heavy atom. The molecule has 0 amide bonds. The van der Waals surface area contributed by atoms with E-state index in [4.69, 9.17) is 12.6 Å². The topological polar surface area (TPSA) is 0 Å². The summed E-state index contributed by atoms with van der Waals surface area (Å²) in [6.07, 6.45) is 14.9. The molecule has 0 atom stereocenters. The van der Waals surface area contributed by atoms with Gasteiger partial charge in [-0.25, -0.2) is 0 Å². The molecule has 0 aromatic carbocycles.